The van der Waals surface area contributed by atoms with Crippen LogP contribution >= 0.6 is 0 Å². The molecule has 2 aliphatic rings. The number of hydrogen-bond donors (Lipinski definition) is 1. The van der Waals surface area contributed by atoms with Crippen molar-refractivity contribution in [2.75, 3.05) is 31.5 Å². The molecule has 0 bridgehead atoms. The average molecular weight is 460 g/mol. The van der Waals surface area contributed by atoms with Crippen LogP contribution in [0.2, 0.25) is 0 Å². The fourth-order valence-corrected chi connectivity index (χ4v) is 3.79. The van der Waals surface area contributed by atoms with Gasteiger partial charge in [0.1, 0.15) is 11.7 Å². The molecule has 1 aromatic rings. The van der Waals surface area contributed by atoms with Gasteiger partial charge in [-0.05, 0) is 51.5 Å². The van der Waals surface area contributed by atoms with Gasteiger partial charge in [-0.3, -0.25) is 9.59 Å². The van der Waals surface area contributed by atoms with Gasteiger partial charge in [0.2, 0.25) is 11.8 Å². The number of ether oxygens (including phenoxy) is 2. The first kappa shape index (κ1) is 24.5. The van der Waals surface area contributed by atoms with E-state index in [1.165, 1.54) is 0 Å². The third kappa shape index (κ3) is 7.47. The van der Waals surface area contributed by atoms with Crippen molar-refractivity contribution < 1.29 is 28.7 Å². The summed E-state index contributed by atoms with van der Waals surface area (Å²) in [5.41, 5.74) is 0.430. The highest BCUT2D eigenvalue weighted by atomic mass is 16.6. The maximum Gasteiger partial charge on any atom is 0.410 e. The molecule has 0 saturated carbocycles. The molecule has 0 radical (unpaired) electrons. The summed E-state index contributed by atoms with van der Waals surface area (Å²) in [6, 6.07) is 6.52. The minimum Gasteiger partial charge on any atom is -0.459 e. The molecule has 2 heterocycles. The molecule has 2 aliphatic heterocycles. The summed E-state index contributed by atoms with van der Waals surface area (Å²) in [7, 11) is 0. The second-order valence-electron chi connectivity index (χ2n) is 9.43. The molecule has 9 nitrogen and oxygen atoms in total. The van der Waals surface area contributed by atoms with Gasteiger partial charge in [-0.2, -0.15) is 0 Å². The fourth-order valence-electron chi connectivity index (χ4n) is 3.79. The number of carbonyl (C=O) groups excluding carboxylic acids is 4. The summed E-state index contributed by atoms with van der Waals surface area (Å²) in [6.45, 7) is 7.55. The molecule has 33 heavy (non-hydrogen) atoms. The number of esters is 1. The molecule has 9 heteroatoms. The van der Waals surface area contributed by atoms with Crippen LogP contribution in [0.25, 0.3) is 0 Å². The molecule has 3 amide bonds. The molecule has 0 atom stereocenters. The van der Waals surface area contributed by atoms with Gasteiger partial charge in [-0.1, -0.05) is 0 Å². The van der Waals surface area contributed by atoms with E-state index in [-0.39, 0.29) is 30.4 Å². The zero-order valence-electron chi connectivity index (χ0n) is 19.6. The summed E-state index contributed by atoms with van der Waals surface area (Å²) in [5, 5.41) is 2.78. The standard InChI is InChI=1S/C24H33N3O6/c1-24(2,3)33-23(31)27-14-10-19(11-15-27)32-22(30)17-6-8-18(9-7-17)25-20(28)12-16-26-13-4-5-21(26)29/h6-9,19H,4-5,10-16H2,1-3H3,(H,25,28). The Morgan fingerprint density at radius 3 is 2.30 bits per heavy atom. The van der Waals surface area contributed by atoms with Crippen LogP contribution in [0, 0.1) is 0 Å². The summed E-state index contributed by atoms with van der Waals surface area (Å²) >= 11 is 0. The van der Waals surface area contributed by atoms with Crippen LogP contribution in [0.1, 0.15) is 63.2 Å². The van der Waals surface area contributed by atoms with E-state index < -0.39 is 11.6 Å². The lowest BCUT2D eigenvalue weighted by Gasteiger charge is -2.33. The van der Waals surface area contributed by atoms with E-state index in [9.17, 15) is 19.2 Å². The Labute approximate surface area is 194 Å². The predicted octanol–water partition coefficient (Wildman–Crippen LogP) is 3.19. The van der Waals surface area contributed by atoms with Crippen LogP contribution in [-0.2, 0) is 19.1 Å². The highest BCUT2D eigenvalue weighted by Gasteiger charge is 2.28. The number of benzene rings is 1. The number of anilines is 1. The van der Waals surface area contributed by atoms with E-state index in [4.69, 9.17) is 9.47 Å². The fraction of sp³-hybridized carbons (Fsp3) is 0.583. The molecule has 180 valence electrons. The third-order valence-corrected chi connectivity index (χ3v) is 5.55. The average Bonchev–Trinajstić information content (AvgIpc) is 3.17. The van der Waals surface area contributed by atoms with Crippen molar-refractivity contribution in [2.24, 2.45) is 0 Å². The Morgan fingerprint density at radius 2 is 1.73 bits per heavy atom. The molecule has 3 rings (SSSR count). The maximum atomic E-state index is 12.5. The smallest absolute Gasteiger partial charge is 0.410 e. The van der Waals surface area contributed by atoms with Crippen LogP contribution in [0.3, 0.4) is 0 Å². The lowest BCUT2D eigenvalue weighted by atomic mass is 10.1. The number of hydrogen-bond acceptors (Lipinski definition) is 6. The monoisotopic (exact) mass is 459 g/mol. The van der Waals surface area contributed by atoms with Gasteiger partial charge >= 0.3 is 12.1 Å². The normalized spacial score (nSPS) is 17.1. The van der Waals surface area contributed by atoms with Gasteiger partial charge in [0, 0.05) is 57.5 Å². The summed E-state index contributed by atoms with van der Waals surface area (Å²) in [4.78, 5) is 51.7. The molecule has 1 N–H and O–H groups in total. The van der Waals surface area contributed by atoms with E-state index in [1.807, 2.05) is 20.8 Å². The molecule has 0 aliphatic carbocycles. The first-order valence-electron chi connectivity index (χ1n) is 11.5. The Kier molecular flexibility index (Phi) is 7.94. The first-order valence-corrected chi connectivity index (χ1v) is 11.5. The van der Waals surface area contributed by atoms with E-state index in [2.05, 4.69) is 5.32 Å². The lowest BCUT2D eigenvalue weighted by Crippen LogP contribution is -2.43. The number of carbonyl (C=O) groups is 4. The van der Waals surface area contributed by atoms with Gasteiger partial charge in [0.15, 0.2) is 0 Å². The molecule has 2 fully saturated rings. The number of piperidine rings is 1. The van der Waals surface area contributed by atoms with Gasteiger partial charge in [0.25, 0.3) is 0 Å². The SMILES string of the molecule is CC(C)(C)OC(=O)N1CCC(OC(=O)c2ccc(NC(=O)CCN3CCCC3=O)cc2)CC1. The Morgan fingerprint density at radius 1 is 1.06 bits per heavy atom. The van der Waals surface area contributed by atoms with Crippen LogP contribution in [-0.4, -0.2) is 71.6 Å². The Hall–Kier alpha value is -3.10. The minimum atomic E-state index is -0.543. The van der Waals surface area contributed by atoms with Crippen molar-refractivity contribution in [1.82, 2.24) is 9.80 Å². The van der Waals surface area contributed by atoms with Crippen molar-refractivity contribution in [1.29, 1.82) is 0 Å². The number of rotatable bonds is 6. The second kappa shape index (κ2) is 10.7. The highest BCUT2D eigenvalue weighted by molar-refractivity contribution is 5.93. The van der Waals surface area contributed by atoms with E-state index in [1.54, 1.807) is 34.1 Å². The van der Waals surface area contributed by atoms with E-state index >= 15 is 0 Å². The van der Waals surface area contributed by atoms with E-state index in [0.29, 0.717) is 56.7 Å². The molecule has 0 aromatic heterocycles. The number of nitrogens with one attached hydrogen (secondary N) is 1. The highest BCUT2D eigenvalue weighted by Crippen LogP contribution is 2.19. The maximum absolute atomic E-state index is 12.5. The summed E-state index contributed by atoms with van der Waals surface area (Å²) in [5.74, 6) is -0.515. The molecule has 1 aromatic carbocycles. The van der Waals surface area contributed by atoms with Crippen molar-refractivity contribution >= 4 is 29.6 Å². The van der Waals surface area contributed by atoms with Crippen molar-refractivity contribution in [2.45, 2.75) is 64.6 Å². The van der Waals surface area contributed by atoms with Gasteiger partial charge in [-0.25, -0.2) is 9.59 Å². The van der Waals surface area contributed by atoms with Crippen LogP contribution in [0.4, 0.5) is 10.5 Å². The van der Waals surface area contributed by atoms with Crippen LogP contribution < -0.4 is 5.32 Å². The summed E-state index contributed by atoms with van der Waals surface area (Å²) < 4.78 is 11.0. The number of nitrogens with zero attached hydrogens (tertiary/aromatic N) is 2. The van der Waals surface area contributed by atoms with Gasteiger partial charge in [-0.15, -0.1) is 0 Å². The van der Waals surface area contributed by atoms with Crippen molar-refractivity contribution in [3.8, 4) is 0 Å². The quantitative estimate of drug-likeness (QED) is 0.655. The molecular formula is C24H33N3O6. The zero-order chi connectivity index (χ0) is 24.0. The number of likely N-dealkylation sites (tertiary alicyclic amines) is 2. The van der Waals surface area contributed by atoms with Crippen molar-refractivity contribution in [3.63, 3.8) is 0 Å². The molecule has 0 unspecified atom stereocenters. The predicted molar refractivity (Wildman–Crippen MR) is 122 cm³/mol. The Bertz CT molecular complexity index is 869. The number of amides is 3. The topological polar surface area (TPSA) is 105 Å². The molecular weight excluding hydrogens is 426 g/mol. The van der Waals surface area contributed by atoms with Crippen LogP contribution in [0.15, 0.2) is 24.3 Å². The molecule has 0 spiro atoms. The molecule has 2 saturated heterocycles. The largest absolute Gasteiger partial charge is 0.459 e. The zero-order valence-corrected chi connectivity index (χ0v) is 19.6. The van der Waals surface area contributed by atoms with Crippen molar-refractivity contribution in [3.05, 3.63) is 29.8 Å². The van der Waals surface area contributed by atoms with Crippen LogP contribution in [0.5, 0.6) is 0 Å². The third-order valence-electron chi connectivity index (χ3n) is 5.55. The first-order chi connectivity index (χ1) is 15.6. The lowest BCUT2D eigenvalue weighted by molar-refractivity contribution is -0.128. The summed E-state index contributed by atoms with van der Waals surface area (Å²) in [6.07, 6.45) is 2.14. The second-order valence-corrected chi connectivity index (χ2v) is 9.43. The van der Waals surface area contributed by atoms with Gasteiger partial charge in [0.05, 0.1) is 5.56 Å². The minimum absolute atomic E-state index is 0.0983. The Balaban J connectivity index is 1.41. The van der Waals surface area contributed by atoms with E-state index in [0.717, 1.165) is 6.42 Å². The van der Waals surface area contributed by atoms with Gasteiger partial charge < -0.3 is 24.6 Å².